The van der Waals surface area contributed by atoms with Gasteiger partial charge in [0.15, 0.2) is 5.65 Å². The number of fused-ring (bicyclic) bond motifs is 1. The standard InChI is InChI=1S/C16H16ClN3O/c1-21-13-5-2-4-12(10-13)11-20-15(7-8-17)19-14-6-3-9-18-16(14)20/h2-6,9-10H,7-8,11H2,1H3. The van der Waals surface area contributed by atoms with Crippen molar-refractivity contribution < 1.29 is 4.74 Å². The maximum absolute atomic E-state index is 5.89. The highest BCUT2D eigenvalue weighted by atomic mass is 35.5. The molecule has 0 fully saturated rings. The third-order valence-electron chi connectivity index (χ3n) is 3.38. The number of alkyl halides is 1. The van der Waals surface area contributed by atoms with Crippen molar-refractivity contribution in [3.05, 3.63) is 54.0 Å². The quantitative estimate of drug-likeness (QED) is 0.679. The number of ether oxygens (including phenoxy) is 1. The van der Waals surface area contributed by atoms with Gasteiger partial charge in [-0.3, -0.25) is 0 Å². The maximum Gasteiger partial charge on any atom is 0.160 e. The number of pyridine rings is 1. The molecule has 0 amide bonds. The Kier molecular flexibility index (Phi) is 4.06. The minimum atomic E-state index is 0.543. The highest BCUT2D eigenvalue weighted by Crippen LogP contribution is 2.19. The number of aryl methyl sites for hydroxylation is 1. The Hall–Kier alpha value is -2.07. The summed E-state index contributed by atoms with van der Waals surface area (Å²) in [5.74, 6) is 2.35. The number of rotatable bonds is 5. The normalized spacial score (nSPS) is 11.0. The van der Waals surface area contributed by atoms with Crippen molar-refractivity contribution in [2.24, 2.45) is 0 Å². The molecule has 2 aromatic heterocycles. The molecule has 108 valence electrons. The molecular weight excluding hydrogens is 286 g/mol. The van der Waals surface area contributed by atoms with Gasteiger partial charge in [0.1, 0.15) is 17.1 Å². The molecule has 3 rings (SSSR count). The van der Waals surface area contributed by atoms with Gasteiger partial charge in [-0.15, -0.1) is 11.6 Å². The van der Waals surface area contributed by atoms with Crippen molar-refractivity contribution in [1.82, 2.24) is 14.5 Å². The van der Waals surface area contributed by atoms with Gasteiger partial charge in [-0.1, -0.05) is 12.1 Å². The molecule has 0 saturated heterocycles. The Morgan fingerprint density at radius 1 is 1.24 bits per heavy atom. The highest BCUT2D eigenvalue weighted by molar-refractivity contribution is 6.17. The number of methoxy groups -OCH3 is 1. The van der Waals surface area contributed by atoms with Crippen molar-refractivity contribution in [2.75, 3.05) is 13.0 Å². The molecule has 0 unspecified atom stereocenters. The van der Waals surface area contributed by atoms with E-state index < -0.39 is 0 Å². The van der Waals surface area contributed by atoms with E-state index in [0.717, 1.165) is 34.7 Å². The van der Waals surface area contributed by atoms with Gasteiger partial charge in [0, 0.05) is 18.5 Å². The fourth-order valence-electron chi connectivity index (χ4n) is 2.40. The smallest absolute Gasteiger partial charge is 0.160 e. The predicted molar refractivity (Wildman–Crippen MR) is 84.0 cm³/mol. The number of aromatic nitrogens is 3. The molecule has 2 heterocycles. The first-order valence-corrected chi connectivity index (χ1v) is 7.34. The van der Waals surface area contributed by atoms with Crippen LogP contribution < -0.4 is 4.74 Å². The summed E-state index contributed by atoms with van der Waals surface area (Å²) in [5, 5.41) is 0. The number of hydrogen-bond donors (Lipinski definition) is 0. The Labute approximate surface area is 128 Å². The molecule has 0 radical (unpaired) electrons. The first-order chi connectivity index (χ1) is 10.3. The largest absolute Gasteiger partial charge is 0.497 e. The minimum absolute atomic E-state index is 0.543. The Morgan fingerprint density at radius 3 is 2.95 bits per heavy atom. The van der Waals surface area contributed by atoms with E-state index in [-0.39, 0.29) is 0 Å². The molecule has 0 aliphatic carbocycles. The summed E-state index contributed by atoms with van der Waals surface area (Å²) >= 11 is 5.89. The summed E-state index contributed by atoms with van der Waals surface area (Å²) in [5.41, 5.74) is 2.94. The van der Waals surface area contributed by atoms with E-state index in [9.17, 15) is 0 Å². The van der Waals surface area contributed by atoms with Crippen LogP contribution in [0.1, 0.15) is 11.4 Å². The SMILES string of the molecule is COc1cccc(Cn2c(CCCl)nc3cccnc32)c1. The van der Waals surface area contributed by atoms with Crippen molar-refractivity contribution in [2.45, 2.75) is 13.0 Å². The summed E-state index contributed by atoms with van der Waals surface area (Å²) in [6, 6.07) is 11.9. The van der Waals surface area contributed by atoms with Crippen LogP contribution >= 0.6 is 11.6 Å². The molecular formula is C16H16ClN3O. The van der Waals surface area contributed by atoms with Crippen LogP contribution in [0.2, 0.25) is 0 Å². The lowest BCUT2D eigenvalue weighted by atomic mass is 10.2. The van der Waals surface area contributed by atoms with Gasteiger partial charge >= 0.3 is 0 Å². The van der Waals surface area contributed by atoms with Gasteiger partial charge < -0.3 is 9.30 Å². The van der Waals surface area contributed by atoms with Gasteiger partial charge in [-0.25, -0.2) is 9.97 Å². The van der Waals surface area contributed by atoms with E-state index in [0.29, 0.717) is 12.4 Å². The number of benzene rings is 1. The predicted octanol–water partition coefficient (Wildman–Crippen LogP) is 3.27. The lowest BCUT2D eigenvalue weighted by molar-refractivity contribution is 0.414. The summed E-state index contributed by atoms with van der Waals surface area (Å²) in [7, 11) is 1.67. The second-order valence-electron chi connectivity index (χ2n) is 4.75. The summed E-state index contributed by atoms with van der Waals surface area (Å²) < 4.78 is 7.40. The molecule has 5 heteroatoms. The molecule has 0 atom stereocenters. The van der Waals surface area contributed by atoms with E-state index in [1.54, 1.807) is 13.3 Å². The summed E-state index contributed by atoms with van der Waals surface area (Å²) in [4.78, 5) is 9.07. The van der Waals surface area contributed by atoms with Crippen molar-refractivity contribution >= 4 is 22.8 Å². The maximum atomic E-state index is 5.89. The third-order valence-corrected chi connectivity index (χ3v) is 3.56. The van der Waals surface area contributed by atoms with Gasteiger partial charge in [0.25, 0.3) is 0 Å². The zero-order valence-electron chi connectivity index (χ0n) is 11.8. The van der Waals surface area contributed by atoms with Crippen LogP contribution in [-0.4, -0.2) is 27.5 Å². The fraction of sp³-hybridized carbons (Fsp3) is 0.250. The van der Waals surface area contributed by atoms with Crippen LogP contribution in [0, 0.1) is 0 Å². The molecule has 0 aliphatic heterocycles. The first kappa shape index (κ1) is 13.9. The molecule has 21 heavy (non-hydrogen) atoms. The lowest BCUT2D eigenvalue weighted by Gasteiger charge is -2.09. The first-order valence-electron chi connectivity index (χ1n) is 6.81. The van der Waals surface area contributed by atoms with Crippen LogP contribution in [0.3, 0.4) is 0 Å². The fourth-order valence-corrected chi connectivity index (χ4v) is 2.57. The van der Waals surface area contributed by atoms with Gasteiger partial charge in [0.2, 0.25) is 0 Å². The average Bonchev–Trinajstić information content (AvgIpc) is 2.86. The number of nitrogens with zero attached hydrogens (tertiary/aromatic N) is 3. The zero-order chi connectivity index (χ0) is 14.7. The zero-order valence-corrected chi connectivity index (χ0v) is 12.5. The summed E-state index contributed by atoms with van der Waals surface area (Å²) in [6.07, 6.45) is 2.51. The number of imidazole rings is 1. The monoisotopic (exact) mass is 301 g/mol. The van der Waals surface area contributed by atoms with Crippen LogP contribution in [0.15, 0.2) is 42.6 Å². The van der Waals surface area contributed by atoms with Gasteiger partial charge in [0.05, 0.1) is 13.7 Å². The average molecular weight is 302 g/mol. The second-order valence-corrected chi connectivity index (χ2v) is 5.13. The van der Waals surface area contributed by atoms with E-state index >= 15 is 0 Å². The van der Waals surface area contributed by atoms with Gasteiger partial charge in [-0.05, 0) is 29.8 Å². The van der Waals surface area contributed by atoms with Crippen LogP contribution in [0.4, 0.5) is 0 Å². The Balaban J connectivity index is 2.03. The van der Waals surface area contributed by atoms with Crippen LogP contribution in [0.25, 0.3) is 11.2 Å². The molecule has 3 aromatic rings. The van der Waals surface area contributed by atoms with E-state index in [1.165, 1.54) is 0 Å². The Morgan fingerprint density at radius 2 is 2.14 bits per heavy atom. The number of hydrogen-bond acceptors (Lipinski definition) is 3. The molecule has 0 bridgehead atoms. The summed E-state index contributed by atoms with van der Waals surface area (Å²) in [6.45, 7) is 0.705. The van der Waals surface area contributed by atoms with Crippen LogP contribution in [-0.2, 0) is 13.0 Å². The number of halogens is 1. The van der Waals surface area contributed by atoms with E-state index in [1.807, 2.05) is 30.3 Å². The molecule has 0 N–H and O–H groups in total. The minimum Gasteiger partial charge on any atom is -0.497 e. The molecule has 0 saturated carbocycles. The van der Waals surface area contributed by atoms with Crippen molar-refractivity contribution in [3.63, 3.8) is 0 Å². The molecule has 0 spiro atoms. The third kappa shape index (κ3) is 2.85. The highest BCUT2D eigenvalue weighted by Gasteiger charge is 2.11. The Bertz CT molecular complexity index is 754. The molecule has 4 nitrogen and oxygen atoms in total. The molecule has 0 aliphatic rings. The van der Waals surface area contributed by atoms with E-state index in [2.05, 4.69) is 20.6 Å². The lowest BCUT2D eigenvalue weighted by Crippen LogP contribution is -2.06. The van der Waals surface area contributed by atoms with E-state index in [4.69, 9.17) is 16.3 Å². The van der Waals surface area contributed by atoms with Gasteiger partial charge in [-0.2, -0.15) is 0 Å². The van der Waals surface area contributed by atoms with Crippen molar-refractivity contribution in [3.8, 4) is 5.75 Å². The van der Waals surface area contributed by atoms with Crippen molar-refractivity contribution in [1.29, 1.82) is 0 Å². The second kappa shape index (κ2) is 6.14. The topological polar surface area (TPSA) is 39.9 Å². The molecule has 1 aromatic carbocycles. The van der Waals surface area contributed by atoms with Crippen LogP contribution in [0.5, 0.6) is 5.75 Å².